The average Bonchev–Trinajstić information content (AvgIpc) is 2.37. The highest BCUT2D eigenvalue weighted by Gasteiger charge is 2.20. The number of benzene rings is 2. The van der Waals surface area contributed by atoms with Crippen LogP contribution in [0.4, 0.5) is 0 Å². The Hall–Kier alpha value is -0.260. The largest absolute Gasteiger partial charge is 0.495 e. The van der Waals surface area contributed by atoms with Crippen LogP contribution in [0.15, 0.2) is 39.3 Å². The van der Waals surface area contributed by atoms with Crippen LogP contribution in [0.1, 0.15) is 17.2 Å². The normalized spacial score (nSPS) is 12.3. The molecule has 2 aromatic rings. The lowest BCUT2D eigenvalue weighted by Gasteiger charge is -2.18. The topological polar surface area (TPSA) is 29.5 Å². The molecule has 0 fully saturated rings. The third-order valence-electron chi connectivity index (χ3n) is 2.79. The Kier molecular flexibility index (Phi) is 5.37. The smallest absolute Gasteiger partial charge is 0.139 e. The second-order valence-corrected chi connectivity index (χ2v) is 6.66. The molecule has 0 aliphatic rings. The minimum atomic E-state index is -0.883. The van der Waals surface area contributed by atoms with E-state index in [9.17, 15) is 5.11 Å². The van der Waals surface area contributed by atoms with Crippen LogP contribution in [-0.4, -0.2) is 12.2 Å². The van der Waals surface area contributed by atoms with E-state index in [4.69, 9.17) is 27.9 Å². The lowest BCUT2D eigenvalue weighted by atomic mass is 10.0. The fourth-order valence-corrected chi connectivity index (χ4v) is 3.78. The van der Waals surface area contributed by atoms with Gasteiger partial charge in [0.25, 0.3) is 0 Å². The van der Waals surface area contributed by atoms with Gasteiger partial charge in [-0.05, 0) is 45.8 Å². The van der Waals surface area contributed by atoms with Crippen molar-refractivity contribution in [2.75, 3.05) is 7.11 Å². The molecule has 0 saturated heterocycles. The van der Waals surface area contributed by atoms with Crippen LogP contribution in [0.2, 0.25) is 10.0 Å². The van der Waals surface area contributed by atoms with Crippen LogP contribution in [0.5, 0.6) is 5.75 Å². The Morgan fingerprint density at radius 3 is 2.25 bits per heavy atom. The molecule has 106 valence electrons. The summed E-state index contributed by atoms with van der Waals surface area (Å²) in [6.45, 7) is 0. The summed E-state index contributed by atoms with van der Waals surface area (Å²) in [6.07, 6.45) is -0.883. The van der Waals surface area contributed by atoms with Gasteiger partial charge in [-0.25, -0.2) is 0 Å². The van der Waals surface area contributed by atoms with Crippen LogP contribution < -0.4 is 4.74 Å². The van der Waals surface area contributed by atoms with Gasteiger partial charge in [-0.1, -0.05) is 45.2 Å². The van der Waals surface area contributed by atoms with Crippen LogP contribution in [0, 0.1) is 0 Å². The monoisotopic (exact) mass is 438 g/mol. The fourth-order valence-electron chi connectivity index (χ4n) is 1.89. The highest BCUT2D eigenvalue weighted by atomic mass is 79.9. The highest BCUT2D eigenvalue weighted by molar-refractivity contribution is 9.10. The van der Waals surface area contributed by atoms with Crippen LogP contribution >= 0.6 is 55.1 Å². The Balaban J connectivity index is 2.55. The summed E-state index contributed by atoms with van der Waals surface area (Å²) in [5, 5.41) is 11.7. The van der Waals surface area contributed by atoms with Crippen molar-refractivity contribution < 1.29 is 9.84 Å². The predicted octanol–water partition coefficient (Wildman–Crippen LogP) is 5.61. The number of hydrogen-bond donors (Lipinski definition) is 1. The van der Waals surface area contributed by atoms with Crippen LogP contribution in [-0.2, 0) is 0 Å². The predicted molar refractivity (Wildman–Crippen MR) is 88.9 cm³/mol. The summed E-state index contributed by atoms with van der Waals surface area (Å²) in [6, 6.07) is 8.60. The van der Waals surface area contributed by atoms with Gasteiger partial charge in [-0.3, -0.25) is 0 Å². The van der Waals surface area contributed by atoms with Gasteiger partial charge in [0, 0.05) is 20.1 Å². The average molecular weight is 441 g/mol. The number of hydrogen-bond acceptors (Lipinski definition) is 2. The molecule has 6 heteroatoms. The maximum Gasteiger partial charge on any atom is 0.139 e. The zero-order valence-corrected chi connectivity index (χ0v) is 15.0. The molecule has 0 amide bonds. The molecule has 0 heterocycles. The summed E-state index contributed by atoms with van der Waals surface area (Å²) in [7, 11) is 1.54. The molecule has 1 atom stereocenters. The molecule has 2 aromatic carbocycles. The highest BCUT2D eigenvalue weighted by Crippen LogP contribution is 2.40. The Labute approximate surface area is 143 Å². The van der Waals surface area contributed by atoms with E-state index in [0.717, 1.165) is 4.47 Å². The number of halogens is 4. The minimum absolute atomic E-state index is 0.511. The van der Waals surface area contributed by atoms with E-state index in [1.807, 2.05) is 0 Å². The zero-order chi connectivity index (χ0) is 14.9. The second-order valence-electron chi connectivity index (χ2n) is 4.08. The van der Waals surface area contributed by atoms with E-state index in [1.54, 1.807) is 37.4 Å². The number of aliphatic hydroxyl groups is 1. The second kappa shape index (κ2) is 6.67. The summed E-state index contributed by atoms with van der Waals surface area (Å²) < 4.78 is 6.74. The van der Waals surface area contributed by atoms with E-state index in [2.05, 4.69) is 31.9 Å². The molecule has 2 rings (SSSR count). The van der Waals surface area contributed by atoms with Crippen LogP contribution in [0.25, 0.3) is 0 Å². The third kappa shape index (κ3) is 3.31. The van der Waals surface area contributed by atoms with Gasteiger partial charge < -0.3 is 9.84 Å². The van der Waals surface area contributed by atoms with Crippen molar-refractivity contribution in [2.24, 2.45) is 0 Å². The Morgan fingerprint density at radius 1 is 1.00 bits per heavy atom. The SMILES string of the molecule is COc1c(Br)cc(Cl)cc1C(O)c1ccc(Cl)cc1Br. The van der Waals surface area contributed by atoms with Crippen molar-refractivity contribution >= 4 is 55.1 Å². The maximum absolute atomic E-state index is 10.6. The number of methoxy groups -OCH3 is 1. The van der Waals surface area contributed by atoms with Crippen molar-refractivity contribution in [3.05, 3.63) is 60.4 Å². The van der Waals surface area contributed by atoms with E-state index >= 15 is 0 Å². The van der Waals surface area contributed by atoms with Gasteiger partial charge >= 0.3 is 0 Å². The summed E-state index contributed by atoms with van der Waals surface area (Å²) in [5.41, 5.74) is 1.26. The van der Waals surface area contributed by atoms with E-state index in [0.29, 0.717) is 31.4 Å². The fraction of sp³-hybridized carbons (Fsp3) is 0.143. The molecule has 0 aliphatic carbocycles. The van der Waals surface area contributed by atoms with Crippen molar-refractivity contribution in [1.82, 2.24) is 0 Å². The number of ether oxygens (including phenoxy) is 1. The Bertz CT molecular complexity index is 647. The molecule has 1 unspecified atom stereocenters. The van der Waals surface area contributed by atoms with E-state index < -0.39 is 6.10 Å². The molecule has 1 N–H and O–H groups in total. The van der Waals surface area contributed by atoms with Gasteiger partial charge in [-0.15, -0.1) is 0 Å². The van der Waals surface area contributed by atoms with Gasteiger partial charge in [0.15, 0.2) is 0 Å². The molecule has 0 radical (unpaired) electrons. The molecular formula is C14H10Br2Cl2O2. The van der Waals surface area contributed by atoms with E-state index in [-0.39, 0.29) is 0 Å². The first-order chi connectivity index (χ1) is 9.43. The first-order valence-corrected chi connectivity index (χ1v) is 7.94. The van der Waals surface area contributed by atoms with Crippen LogP contribution in [0.3, 0.4) is 0 Å². The summed E-state index contributed by atoms with van der Waals surface area (Å²) in [5.74, 6) is 0.545. The van der Waals surface area contributed by atoms with Gasteiger partial charge in [0.05, 0.1) is 11.6 Å². The minimum Gasteiger partial charge on any atom is -0.495 e. The quantitative estimate of drug-likeness (QED) is 0.672. The van der Waals surface area contributed by atoms with Crippen molar-refractivity contribution in [3.63, 3.8) is 0 Å². The van der Waals surface area contributed by atoms with Crippen molar-refractivity contribution in [2.45, 2.75) is 6.10 Å². The van der Waals surface area contributed by atoms with Gasteiger partial charge in [0.1, 0.15) is 11.9 Å². The molecule has 2 nitrogen and oxygen atoms in total. The molecule has 0 aliphatic heterocycles. The third-order valence-corrected chi connectivity index (χ3v) is 4.52. The molecule has 0 bridgehead atoms. The molecular weight excluding hydrogens is 431 g/mol. The summed E-state index contributed by atoms with van der Waals surface area (Å²) >= 11 is 18.7. The van der Waals surface area contributed by atoms with Gasteiger partial charge in [-0.2, -0.15) is 0 Å². The van der Waals surface area contributed by atoms with Crippen molar-refractivity contribution in [1.29, 1.82) is 0 Å². The maximum atomic E-state index is 10.6. The number of rotatable bonds is 3. The Morgan fingerprint density at radius 2 is 1.65 bits per heavy atom. The summed E-state index contributed by atoms with van der Waals surface area (Å²) in [4.78, 5) is 0. The van der Waals surface area contributed by atoms with E-state index in [1.165, 1.54) is 0 Å². The number of aliphatic hydroxyl groups excluding tert-OH is 1. The van der Waals surface area contributed by atoms with Gasteiger partial charge in [0.2, 0.25) is 0 Å². The molecule has 0 saturated carbocycles. The lowest BCUT2D eigenvalue weighted by molar-refractivity contribution is 0.214. The van der Waals surface area contributed by atoms with Crippen molar-refractivity contribution in [3.8, 4) is 5.75 Å². The molecule has 0 aromatic heterocycles. The first-order valence-electron chi connectivity index (χ1n) is 5.60. The lowest BCUT2D eigenvalue weighted by Crippen LogP contribution is -2.04. The molecule has 0 spiro atoms. The zero-order valence-electron chi connectivity index (χ0n) is 10.3. The standard InChI is InChI=1S/C14H10Br2Cl2O2/c1-20-14-10(4-8(18)6-12(14)16)13(19)9-3-2-7(17)5-11(9)15/h2-6,13,19H,1H3. The molecule has 20 heavy (non-hydrogen) atoms. The first kappa shape index (κ1) is 16.1.